The van der Waals surface area contributed by atoms with Gasteiger partial charge in [0.05, 0.1) is 32.2 Å². The first-order valence-electron chi connectivity index (χ1n) is 11.1. The van der Waals surface area contributed by atoms with Crippen molar-refractivity contribution in [1.82, 2.24) is 20.2 Å². The lowest BCUT2D eigenvalue weighted by Crippen LogP contribution is -2.51. The maximum Gasteiger partial charge on any atom is 0.488 e. The fourth-order valence-electron chi connectivity index (χ4n) is 3.68. The van der Waals surface area contributed by atoms with Crippen LogP contribution < -0.4 is 16.5 Å². The fourth-order valence-corrected chi connectivity index (χ4v) is 3.68. The number of hydrogen-bond acceptors (Lipinski definition) is 8. The second-order valence-electron chi connectivity index (χ2n) is 8.25. The number of aromatic amines is 1. The second kappa shape index (κ2) is 12.8. The molecule has 0 spiro atoms. The van der Waals surface area contributed by atoms with Crippen LogP contribution in [-0.2, 0) is 14.3 Å². The van der Waals surface area contributed by atoms with Crippen molar-refractivity contribution in [3.63, 3.8) is 0 Å². The van der Waals surface area contributed by atoms with Crippen LogP contribution in [0, 0.1) is 5.92 Å². The number of likely N-dealkylation sites (tertiary alicyclic amines) is 1. The van der Waals surface area contributed by atoms with Gasteiger partial charge in [0.15, 0.2) is 0 Å². The number of H-pyrrole nitrogens is 1. The molecule has 6 N–H and O–H groups in total. The largest absolute Gasteiger partial charge is 0.488 e. The minimum Gasteiger partial charge on any atom is -0.453 e. The highest BCUT2D eigenvalue weighted by molar-refractivity contribution is 6.58. The number of primary amides is 1. The Bertz CT molecular complexity index is 996. The van der Waals surface area contributed by atoms with E-state index in [2.05, 4.69) is 30.5 Å². The molecule has 1 saturated heterocycles. The Morgan fingerprint density at radius 3 is 2.34 bits per heavy atom. The average Bonchev–Trinajstić information content (AvgIpc) is 3.52. The lowest BCUT2D eigenvalue weighted by molar-refractivity contribution is -0.135. The van der Waals surface area contributed by atoms with Crippen LogP contribution in [0.25, 0.3) is 11.3 Å². The molecule has 2 aromatic rings. The summed E-state index contributed by atoms with van der Waals surface area (Å²) < 4.78 is 8.55. The third kappa shape index (κ3) is 7.45. The highest BCUT2D eigenvalue weighted by atomic mass is 16.5. The van der Waals surface area contributed by atoms with Crippen molar-refractivity contribution in [2.45, 2.75) is 38.8 Å². The van der Waals surface area contributed by atoms with Crippen molar-refractivity contribution in [2.75, 3.05) is 20.8 Å². The molecule has 1 fully saturated rings. The summed E-state index contributed by atoms with van der Waals surface area (Å²) in [5.41, 5.74) is 6.46. The van der Waals surface area contributed by atoms with Crippen molar-refractivity contribution in [3.05, 3.63) is 36.3 Å². The molecule has 35 heavy (non-hydrogen) atoms. The van der Waals surface area contributed by atoms with E-state index in [1.807, 2.05) is 13.8 Å². The Morgan fingerprint density at radius 1 is 1.20 bits per heavy atom. The van der Waals surface area contributed by atoms with Gasteiger partial charge in [0.2, 0.25) is 5.91 Å². The van der Waals surface area contributed by atoms with Crippen LogP contribution in [-0.4, -0.2) is 76.9 Å². The number of aromatic nitrogens is 2. The molecule has 3 rings (SSSR count). The third-order valence-corrected chi connectivity index (χ3v) is 5.56. The van der Waals surface area contributed by atoms with E-state index in [9.17, 15) is 24.4 Å². The number of hydrogen-bond donors (Lipinski definition) is 5. The maximum absolute atomic E-state index is 13.2. The molecule has 2 unspecified atom stereocenters. The number of nitrogens with zero attached hydrogens (tertiary/aromatic N) is 2. The molecule has 0 bridgehead atoms. The van der Waals surface area contributed by atoms with Crippen molar-refractivity contribution in [3.8, 4) is 11.3 Å². The van der Waals surface area contributed by atoms with Gasteiger partial charge in [-0.25, -0.2) is 14.6 Å². The molecule has 0 radical (unpaired) electrons. The van der Waals surface area contributed by atoms with E-state index in [1.54, 1.807) is 35.4 Å². The summed E-state index contributed by atoms with van der Waals surface area (Å²) in [6.45, 7) is 4.35. The van der Waals surface area contributed by atoms with Crippen LogP contribution in [0.4, 0.5) is 9.59 Å². The molecule has 13 heteroatoms. The summed E-state index contributed by atoms with van der Waals surface area (Å²) in [4.78, 5) is 43.7. The molecule has 0 saturated carbocycles. The van der Waals surface area contributed by atoms with Gasteiger partial charge in [-0.1, -0.05) is 38.1 Å². The number of carbonyl (C=O) groups excluding carboxylic acids is 3. The Labute approximate surface area is 204 Å². The number of amides is 3. The fraction of sp³-hybridized carbons (Fsp3) is 0.455. The first-order valence-corrected chi connectivity index (χ1v) is 11.1. The zero-order valence-corrected chi connectivity index (χ0v) is 20.2. The number of nitrogens with one attached hydrogen (secondary N) is 2. The molecule has 1 aromatic carbocycles. The van der Waals surface area contributed by atoms with Gasteiger partial charge in [-0.15, -0.1) is 0 Å². The van der Waals surface area contributed by atoms with Crippen molar-refractivity contribution in [2.24, 2.45) is 11.7 Å². The first kappa shape index (κ1) is 27.7. The Morgan fingerprint density at radius 2 is 1.83 bits per heavy atom. The van der Waals surface area contributed by atoms with E-state index in [1.165, 1.54) is 14.2 Å². The summed E-state index contributed by atoms with van der Waals surface area (Å²) in [5.74, 6) is 0.435. The SMILES string of the molecule is COC(=O)NC(C(=O)N1CCCC1c1ncc(-c2ccc(B(O)O)cc2)[nH]1)C(C)C.COC(N)=O. The number of ether oxygens (including phenoxy) is 2. The highest BCUT2D eigenvalue weighted by Gasteiger charge is 2.37. The van der Waals surface area contributed by atoms with E-state index >= 15 is 0 Å². The first-order chi connectivity index (χ1) is 16.6. The van der Waals surface area contributed by atoms with E-state index < -0.39 is 25.3 Å². The third-order valence-electron chi connectivity index (χ3n) is 5.56. The van der Waals surface area contributed by atoms with E-state index in [0.717, 1.165) is 24.1 Å². The number of imidazole rings is 1. The molecule has 190 valence electrons. The molecule has 2 heterocycles. The second-order valence-corrected chi connectivity index (χ2v) is 8.25. The summed E-state index contributed by atoms with van der Waals surface area (Å²) in [5, 5.41) is 21.1. The topological polar surface area (TPSA) is 180 Å². The van der Waals surface area contributed by atoms with Gasteiger partial charge in [-0.05, 0) is 29.8 Å². The predicted molar refractivity (Wildman–Crippen MR) is 128 cm³/mol. The van der Waals surface area contributed by atoms with Gasteiger partial charge in [0.1, 0.15) is 11.9 Å². The maximum atomic E-state index is 13.2. The minimum absolute atomic E-state index is 0.0922. The number of nitrogens with two attached hydrogens (primary N) is 1. The molecule has 0 aliphatic carbocycles. The monoisotopic (exact) mass is 489 g/mol. The molecule has 1 aromatic heterocycles. The Balaban J connectivity index is 0.000000784. The minimum atomic E-state index is -1.51. The quantitative estimate of drug-likeness (QED) is 0.364. The number of methoxy groups -OCH3 is 2. The summed E-state index contributed by atoms with van der Waals surface area (Å²) in [6.07, 6.45) is 1.95. The molecular weight excluding hydrogens is 457 g/mol. The van der Waals surface area contributed by atoms with Crippen LogP contribution in [0.5, 0.6) is 0 Å². The normalized spacial score (nSPS) is 15.6. The van der Waals surface area contributed by atoms with Crippen molar-refractivity contribution >= 4 is 30.7 Å². The van der Waals surface area contributed by atoms with Gasteiger partial charge >= 0.3 is 19.3 Å². The number of rotatable bonds is 6. The van der Waals surface area contributed by atoms with Gasteiger partial charge < -0.3 is 40.5 Å². The van der Waals surface area contributed by atoms with E-state index in [0.29, 0.717) is 17.8 Å². The Kier molecular flexibility index (Phi) is 10.1. The van der Waals surface area contributed by atoms with Gasteiger partial charge in [-0.2, -0.15) is 0 Å². The lowest BCUT2D eigenvalue weighted by Gasteiger charge is -2.30. The zero-order valence-electron chi connectivity index (χ0n) is 20.2. The number of carbonyl (C=O) groups is 3. The molecule has 1 aliphatic rings. The van der Waals surface area contributed by atoms with Crippen LogP contribution >= 0.6 is 0 Å². The molecule has 3 amide bonds. The van der Waals surface area contributed by atoms with Crippen LogP contribution in [0.1, 0.15) is 38.6 Å². The summed E-state index contributed by atoms with van der Waals surface area (Å²) in [6, 6.07) is 5.95. The van der Waals surface area contributed by atoms with Crippen LogP contribution in [0.2, 0.25) is 0 Å². The molecular formula is C22H32BN5O7. The number of benzene rings is 1. The van der Waals surface area contributed by atoms with Gasteiger partial charge in [0.25, 0.3) is 0 Å². The van der Waals surface area contributed by atoms with Crippen molar-refractivity contribution in [1.29, 1.82) is 0 Å². The Hall–Kier alpha value is -3.58. The highest BCUT2D eigenvalue weighted by Crippen LogP contribution is 2.32. The summed E-state index contributed by atoms with van der Waals surface area (Å²) in [7, 11) is 0.984. The number of alkyl carbamates (subject to hydrolysis) is 1. The van der Waals surface area contributed by atoms with Gasteiger partial charge in [-0.3, -0.25) is 4.79 Å². The lowest BCUT2D eigenvalue weighted by atomic mass is 9.80. The predicted octanol–water partition coefficient (Wildman–Crippen LogP) is 0.512. The van der Waals surface area contributed by atoms with E-state index in [-0.39, 0.29) is 17.9 Å². The summed E-state index contributed by atoms with van der Waals surface area (Å²) >= 11 is 0. The average molecular weight is 489 g/mol. The van der Waals surface area contributed by atoms with Crippen LogP contribution in [0.3, 0.4) is 0 Å². The smallest absolute Gasteiger partial charge is 0.453 e. The van der Waals surface area contributed by atoms with Gasteiger partial charge in [0, 0.05) is 6.54 Å². The van der Waals surface area contributed by atoms with Crippen molar-refractivity contribution < 1.29 is 33.9 Å². The standard InChI is InChI=1S/C20H27BN4O5.C2H5NO2/c1-12(2)17(24-20(27)30-3)19(26)25-10-4-5-16(25)18-22-11-15(23-18)13-6-8-14(9-7-13)21(28)29;1-5-2(3)4/h6-9,11-12,16-17,28-29H,4-5,10H2,1-3H3,(H,22,23)(H,24,27);1H3,(H2,3,4). The zero-order chi connectivity index (χ0) is 26.1. The molecule has 1 aliphatic heterocycles. The molecule has 2 atom stereocenters. The van der Waals surface area contributed by atoms with E-state index in [4.69, 9.17) is 0 Å². The molecule has 12 nitrogen and oxygen atoms in total. The van der Waals surface area contributed by atoms with Crippen LogP contribution in [0.15, 0.2) is 30.5 Å².